The summed E-state index contributed by atoms with van der Waals surface area (Å²) in [7, 11) is 2.03. The lowest BCUT2D eigenvalue weighted by molar-refractivity contribution is -0.133. The Hall–Kier alpha value is -2.99. The van der Waals surface area contributed by atoms with Gasteiger partial charge in [0, 0.05) is 32.3 Å². The molecule has 1 N–H and O–H groups in total. The summed E-state index contributed by atoms with van der Waals surface area (Å²) in [5.74, 6) is -0.621. The van der Waals surface area contributed by atoms with Gasteiger partial charge in [0.25, 0.3) is 0 Å². The van der Waals surface area contributed by atoms with Crippen LogP contribution in [0.1, 0.15) is 5.56 Å². The van der Waals surface area contributed by atoms with Crippen LogP contribution in [-0.2, 0) is 9.59 Å². The maximum Gasteiger partial charge on any atom is 0.244 e. The number of piperazine rings is 1. The number of nitrogens with one attached hydrogen (secondary N) is 1. The summed E-state index contributed by atoms with van der Waals surface area (Å²) >= 11 is 0. The molecule has 3 rings (SSSR count). The first kappa shape index (κ1) is 19.8. The molecule has 0 radical (unpaired) electrons. The van der Waals surface area contributed by atoms with Crippen molar-refractivity contribution in [3.63, 3.8) is 0 Å². The minimum atomic E-state index is -0.301. The smallest absolute Gasteiger partial charge is 0.244 e. The number of hydrogen-bond donors (Lipinski definition) is 1. The number of benzene rings is 2. The van der Waals surface area contributed by atoms with Gasteiger partial charge in [0.05, 0.1) is 6.54 Å². The largest absolute Gasteiger partial charge is 0.343 e. The molecule has 0 aliphatic carbocycles. The van der Waals surface area contributed by atoms with Crippen molar-refractivity contribution in [2.24, 2.45) is 0 Å². The third-order valence-electron chi connectivity index (χ3n) is 4.79. The van der Waals surface area contributed by atoms with E-state index in [1.165, 1.54) is 18.2 Å². The van der Waals surface area contributed by atoms with Crippen molar-refractivity contribution >= 4 is 17.9 Å². The minimum absolute atomic E-state index is 0.0103. The summed E-state index contributed by atoms with van der Waals surface area (Å²) in [6, 6.07) is 13.9. The van der Waals surface area contributed by atoms with Gasteiger partial charge in [0.2, 0.25) is 11.8 Å². The van der Waals surface area contributed by atoms with Gasteiger partial charge in [-0.2, -0.15) is 0 Å². The number of hydrogen-bond acceptors (Lipinski definition) is 3. The molecule has 5 nitrogen and oxygen atoms in total. The SMILES string of the molecule is CN1CCN(C(=O)CNC(=O)/C=C/c2ccc(-c3ccc(F)cc3)cc2)CC1. The van der Waals surface area contributed by atoms with E-state index in [-0.39, 0.29) is 24.2 Å². The van der Waals surface area contributed by atoms with E-state index in [9.17, 15) is 14.0 Å². The van der Waals surface area contributed by atoms with Gasteiger partial charge in [0.15, 0.2) is 0 Å². The Morgan fingerprint density at radius 3 is 2.14 bits per heavy atom. The highest BCUT2D eigenvalue weighted by Crippen LogP contribution is 2.20. The Balaban J connectivity index is 1.48. The van der Waals surface area contributed by atoms with Gasteiger partial charge >= 0.3 is 0 Å². The first-order valence-corrected chi connectivity index (χ1v) is 9.29. The van der Waals surface area contributed by atoms with E-state index in [0.717, 1.165) is 29.8 Å². The summed E-state index contributed by atoms with van der Waals surface area (Å²) in [4.78, 5) is 28.0. The molecule has 0 bridgehead atoms. The Labute approximate surface area is 164 Å². The normalized spacial score (nSPS) is 15.0. The molecular formula is C22H24FN3O2. The maximum absolute atomic E-state index is 13.0. The fourth-order valence-electron chi connectivity index (χ4n) is 2.99. The van der Waals surface area contributed by atoms with Crippen LogP contribution >= 0.6 is 0 Å². The number of halogens is 1. The number of carbonyl (C=O) groups excluding carboxylic acids is 2. The molecule has 0 unspecified atom stereocenters. The quantitative estimate of drug-likeness (QED) is 0.810. The van der Waals surface area contributed by atoms with E-state index in [2.05, 4.69) is 10.2 Å². The Kier molecular flexibility index (Phi) is 6.55. The van der Waals surface area contributed by atoms with Crippen molar-refractivity contribution < 1.29 is 14.0 Å². The lowest BCUT2D eigenvalue weighted by Gasteiger charge is -2.32. The van der Waals surface area contributed by atoms with Crippen molar-refractivity contribution in [2.75, 3.05) is 39.8 Å². The Bertz CT molecular complexity index is 839. The molecular weight excluding hydrogens is 357 g/mol. The molecule has 1 aliphatic heterocycles. The number of rotatable bonds is 5. The van der Waals surface area contributed by atoms with Crippen LogP contribution in [0, 0.1) is 5.82 Å². The molecule has 1 fully saturated rings. The van der Waals surface area contributed by atoms with Crippen LogP contribution in [0.5, 0.6) is 0 Å². The topological polar surface area (TPSA) is 52.6 Å². The van der Waals surface area contributed by atoms with Crippen LogP contribution < -0.4 is 5.32 Å². The number of likely N-dealkylation sites (N-methyl/N-ethyl adjacent to an activating group) is 1. The van der Waals surface area contributed by atoms with Crippen molar-refractivity contribution in [2.45, 2.75) is 0 Å². The van der Waals surface area contributed by atoms with E-state index in [0.29, 0.717) is 13.1 Å². The Morgan fingerprint density at radius 2 is 1.54 bits per heavy atom. The van der Waals surface area contributed by atoms with Gasteiger partial charge in [-0.1, -0.05) is 36.4 Å². The van der Waals surface area contributed by atoms with Gasteiger partial charge in [-0.15, -0.1) is 0 Å². The first-order chi connectivity index (χ1) is 13.5. The summed E-state index contributed by atoms with van der Waals surface area (Å²) in [6.07, 6.45) is 3.12. The number of amides is 2. The van der Waals surface area contributed by atoms with Crippen LogP contribution in [0.15, 0.2) is 54.6 Å². The van der Waals surface area contributed by atoms with E-state index in [1.807, 2.05) is 31.3 Å². The van der Waals surface area contributed by atoms with E-state index in [4.69, 9.17) is 0 Å². The molecule has 2 amide bonds. The van der Waals surface area contributed by atoms with Crippen molar-refractivity contribution in [1.29, 1.82) is 0 Å². The molecule has 1 saturated heterocycles. The molecule has 0 atom stereocenters. The van der Waals surface area contributed by atoms with E-state index >= 15 is 0 Å². The molecule has 1 aliphatic rings. The monoisotopic (exact) mass is 381 g/mol. The zero-order chi connectivity index (χ0) is 19.9. The minimum Gasteiger partial charge on any atom is -0.343 e. The highest BCUT2D eigenvalue weighted by Gasteiger charge is 2.18. The summed E-state index contributed by atoms with van der Waals surface area (Å²) in [6.45, 7) is 3.11. The molecule has 6 heteroatoms. The summed E-state index contributed by atoms with van der Waals surface area (Å²) in [5, 5.41) is 2.64. The Morgan fingerprint density at radius 1 is 0.964 bits per heavy atom. The molecule has 1 heterocycles. The van der Waals surface area contributed by atoms with Gasteiger partial charge in [-0.25, -0.2) is 4.39 Å². The summed E-state index contributed by atoms with van der Waals surface area (Å²) in [5.41, 5.74) is 2.77. The predicted molar refractivity (Wildman–Crippen MR) is 108 cm³/mol. The van der Waals surface area contributed by atoms with Gasteiger partial charge in [-0.05, 0) is 41.9 Å². The van der Waals surface area contributed by atoms with Crippen molar-refractivity contribution in [1.82, 2.24) is 15.1 Å². The van der Waals surface area contributed by atoms with Crippen LogP contribution in [0.4, 0.5) is 4.39 Å². The third-order valence-corrected chi connectivity index (χ3v) is 4.79. The van der Waals surface area contributed by atoms with Gasteiger partial charge < -0.3 is 15.1 Å². The average molecular weight is 381 g/mol. The molecule has 146 valence electrons. The molecule has 0 saturated carbocycles. The molecule has 0 aromatic heterocycles. The molecule has 2 aromatic carbocycles. The number of carbonyl (C=O) groups is 2. The fourth-order valence-corrected chi connectivity index (χ4v) is 2.99. The average Bonchev–Trinajstić information content (AvgIpc) is 2.72. The van der Waals surface area contributed by atoms with Crippen molar-refractivity contribution in [3.05, 3.63) is 66.0 Å². The molecule has 28 heavy (non-hydrogen) atoms. The number of nitrogens with zero attached hydrogens (tertiary/aromatic N) is 2. The standard InChI is InChI=1S/C22H24FN3O2/c1-25-12-14-26(15-13-25)22(28)16-24-21(27)11-4-17-2-5-18(6-3-17)19-7-9-20(23)10-8-19/h2-11H,12-16H2,1H3,(H,24,27)/b11-4+. The lowest BCUT2D eigenvalue weighted by Crippen LogP contribution is -2.49. The lowest BCUT2D eigenvalue weighted by atomic mass is 10.0. The van der Waals surface area contributed by atoms with E-state index < -0.39 is 0 Å². The zero-order valence-electron chi connectivity index (χ0n) is 15.9. The van der Waals surface area contributed by atoms with Gasteiger partial charge in [-0.3, -0.25) is 9.59 Å². The zero-order valence-corrected chi connectivity index (χ0v) is 15.9. The second-order valence-electron chi connectivity index (χ2n) is 6.86. The van der Waals surface area contributed by atoms with Crippen LogP contribution in [0.25, 0.3) is 17.2 Å². The molecule has 2 aromatic rings. The van der Waals surface area contributed by atoms with Gasteiger partial charge in [0.1, 0.15) is 5.82 Å². The van der Waals surface area contributed by atoms with Crippen LogP contribution in [0.3, 0.4) is 0 Å². The molecule has 0 spiro atoms. The maximum atomic E-state index is 13.0. The summed E-state index contributed by atoms with van der Waals surface area (Å²) < 4.78 is 13.0. The van der Waals surface area contributed by atoms with Crippen molar-refractivity contribution in [3.8, 4) is 11.1 Å². The van der Waals surface area contributed by atoms with Crippen LogP contribution in [-0.4, -0.2) is 61.4 Å². The second-order valence-corrected chi connectivity index (χ2v) is 6.86. The highest BCUT2D eigenvalue weighted by molar-refractivity contribution is 5.94. The van der Waals surface area contributed by atoms with Crippen LogP contribution in [0.2, 0.25) is 0 Å². The third kappa shape index (κ3) is 5.50. The fraction of sp³-hybridized carbons (Fsp3) is 0.273. The highest BCUT2D eigenvalue weighted by atomic mass is 19.1. The first-order valence-electron chi connectivity index (χ1n) is 9.29. The second kappa shape index (κ2) is 9.28. The predicted octanol–water partition coefficient (Wildman–Crippen LogP) is 2.40. The van der Waals surface area contributed by atoms with E-state index in [1.54, 1.807) is 23.1 Å².